The molecule has 1 aliphatic heterocycles. The average molecular weight is 805 g/mol. The summed E-state index contributed by atoms with van der Waals surface area (Å²) in [5.74, 6) is -0.560. The summed E-state index contributed by atoms with van der Waals surface area (Å²) in [4.78, 5) is 33.7. The van der Waals surface area contributed by atoms with Crippen LogP contribution in [-0.2, 0) is 9.59 Å². The van der Waals surface area contributed by atoms with Gasteiger partial charge in [0, 0.05) is 35.9 Å². The monoisotopic (exact) mass is 802 g/mol. The van der Waals surface area contributed by atoms with E-state index in [0.29, 0.717) is 46.6 Å². The molecule has 0 saturated heterocycles. The first-order chi connectivity index (χ1) is 25.6. The van der Waals surface area contributed by atoms with Gasteiger partial charge in [-0.1, -0.05) is 118 Å². The third kappa shape index (κ3) is 12.3. The zero-order chi connectivity index (χ0) is 38.3. The highest BCUT2D eigenvalue weighted by molar-refractivity contribution is 6.73. The normalized spacial score (nSPS) is 13.5. The number of hydrogen-bond acceptors (Lipinski definition) is 7. The molecule has 0 radical (unpaired) electrons. The maximum absolute atomic E-state index is 14.0. The number of rotatable bonds is 20. The fourth-order valence-corrected chi connectivity index (χ4v) is 7.28. The Bertz CT molecular complexity index is 1760. The molecule has 0 bridgehead atoms. The van der Waals surface area contributed by atoms with E-state index in [2.05, 4.69) is 22.7 Å². The zero-order valence-electron chi connectivity index (χ0n) is 30.8. The Labute approximate surface area is 333 Å². The van der Waals surface area contributed by atoms with Gasteiger partial charge in [-0.05, 0) is 74.4 Å². The minimum absolute atomic E-state index is 0.00682. The van der Waals surface area contributed by atoms with Crippen molar-refractivity contribution >= 4 is 98.2 Å². The number of benzene rings is 3. The number of likely N-dealkylation sites (N-methyl/N-ethyl adjacent to an activating group) is 1. The van der Waals surface area contributed by atoms with E-state index >= 15 is 0 Å². The first-order valence-electron chi connectivity index (χ1n) is 18.6. The van der Waals surface area contributed by atoms with Crippen molar-refractivity contribution in [3.8, 4) is 0 Å². The first-order valence-corrected chi connectivity index (χ1v) is 20.1. The molecule has 0 aromatic heterocycles. The van der Waals surface area contributed by atoms with E-state index in [0.717, 1.165) is 35.5 Å². The van der Waals surface area contributed by atoms with Crippen molar-refractivity contribution < 1.29 is 14.7 Å². The van der Waals surface area contributed by atoms with Gasteiger partial charge in [0.2, 0.25) is 5.91 Å². The number of aliphatic hydroxyl groups excluding tert-OH is 1. The number of aryl methyl sites for hydroxylation is 1. The third-order valence-corrected chi connectivity index (χ3v) is 10.2. The van der Waals surface area contributed by atoms with E-state index in [9.17, 15) is 14.7 Å². The molecule has 0 fully saturated rings. The van der Waals surface area contributed by atoms with Crippen LogP contribution in [0.3, 0.4) is 0 Å². The molecule has 4 rings (SSSR count). The molecule has 1 aliphatic rings. The molecule has 0 atom stereocenters. The Kier molecular flexibility index (Phi) is 17.2. The van der Waals surface area contributed by atoms with Crippen molar-refractivity contribution in [3.05, 3.63) is 74.2 Å². The number of hydrogen-bond donors (Lipinski definition) is 3. The third-order valence-electron chi connectivity index (χ3n) is 9.05. The van der Waals surface area contributed by atoms with Crippen LogP contribution in [0, 0.1) is 6.92 Å². The number of anilines is 4. The summed E-state index contributed by atoms with van der Waals surface area (Å²) in [5.41, 5.74) is 3.36. The Morgan fingerprint density at radius 2 is 1.49 bits per heavy atom. The highest BCUT2D eigenvalue weighted by Crippen LogP contribution is 2.39. The highest BCUT2D eigenvalue weighted by Gasteiger charge is 2.36. The summed E-state index contributed by atoms with van der Waals surface area (Å²) in [6.07, 6.45) is 13.8. The van der Waals surface area contributed by atoms with Crippen LogP contribution < -0.4 is 20.5 Å². The highest BCUT2D eigenvalue weighted by atomic mass is 35.5. The fraction of sp³-hybridized carbons (Fsp3) is 0.450. The quantitative estimate of drug-likeness (QED) is 0.0986. The molecule has 53 heavy (non-hydrogen) atoms. The van der Waals surface area contributed by atoms with Gasteiger partial charge in [0.1, 0.15) is 5.69 Å². The summed E-state index contributed by atoms with van der Waals surface area (Å²) in [6, 6.07) is 13.7. The van der Waals surface area contributed by atoms with Crippen LogP contribution in [0.1, 0.15) is 96.5 Å². The van der Waals surface area contributed by atoms with E-state index in [1.165, 1.54) is 63.5 Å². The molecule has 0 saturated carbocycles. The molecule has 1 heterocycles. The van der Waals surface area contributed by atoms with Crippen LogP contribution in [-0.4, -0.2) is 48.2 Å². The number of hydrazone groups is 1. The molecule has 0 spiro atoms. The number of aliphatic imine (C=N–C) groups is 1. The molecule has 0 aliphatic carbocycles. The molecular weight excluding hydrogens is 754 g/mol. The van der Waals surface area contributed by atoms with Crippen LogP contribution in [0.4, 0.5) is 28.4 Å². The van der Waals surface area contributed by atoms with Gasteiger partial charge < -0.3 is 20.6 Å². The predicted molar refractivity (Wildman–Crippen MR) is 224 cm³/mol. The number of halogens is 4. The van der Waals surface area contributed by atoms with Crippen molar-refractivity contribution in [2.45, 2.75) is 97.8 Å². The van der Waals surface area contributed by atoms with Gasteiger partial charge in [0.25, 0.3) is 0 Å². The van der Waals surface area contributed by atoms with E-state index in [-0.39, 0.29) is 39.8 Å². The SMILES string of the molecule is CCCCCCCCCCCCCC(=O)Nc1ccc(Cl)c(NC2=NN(c3c(Cl)cc(Cl)cc3Cl)C(=O)/C2=N/c2ccc(N(CC)CCO)cc2C)c1. The lowest BCUT2D eigenvalue weighted by Crippen LogP contribution is -2.30. The number of nitrogens with zero attached hydrogens (tertiary/aromatic N) is 4. The maximum Gasteiger partial charge on any atom is 0.301 e. The van der Waals surface area contributed by atoms with E-state index in [4.69, 9.17) is 51.4 Å². The van der Waals surface area contributed by atoms with Gasteiger partial charge in [0.15, 0.2) is 11.5 Å². The number of carbonyl (C=O) groups excluding carboxylic acids is 2. The fourth-order valence-electron chi connectivity index (χ4n) is 6.14. The topological polar surface area (TPSA) is 110 Å². The summed E-state index contributed by atoms with van der Waals surface area (Å²) in [5, 5.41) is 22.2. The Hall–Kier alpha value is -3.34. The summed E-state index contributed by atoms with van der Waals surface area (Å²) >= 11 is 25.8. The second-order valence-corrected chi connectivity index (χ2v) is 14.8. The van der Waals surface area contributed by atoms with E-state index in [1.54, 1.807) is 18.2 Å². The lowest BCUT2D eigenvalue weighted by atomic mass is 10.1. The molecule has 3 aromatic rings. The standard InChI is InChI=1S/C40H50Cl4N6O3/c1-4-6-7-8-9-10-11-12-13-14-15-16-36(52)45-29-17-19-31(42)35(26-29)47-39-37(40(53)50(48-39)38-32(43)24-28(41)25-33(38)44)46-34-20-18-30(23-27(34)3)49(5-2)21-22-51/h17-20,23-26,51H,4-16,21-22H2,1-3H3,(H,45,52)(H,47,48)/b46-37+. The molecule has 13 heteroatoms. The Morgan fingerprint density at radius 1 is 0.849 bits per heavy atom. The zero-order valence-corrected chi connectivity index (χ0v) is 33.8. The van der Waals surface area contributed by atoms with Crippen molar-refractivity contribution in [3.63, 3.8) is 0 Å². The van der Waals surface area contributed by atoms with Crippen molar-refractivity contribution in [2.75, 3.05) is 40.2 Å². The molecule has 3 N–H and O–H groups in total. The first kappa shape index (κ1) is 42.4. The largest absolute Gasteiger partial charge is 0.395 e. The van der Waals surface area contributed by atoms with Crippen molar-refractivity contribution in [1.82, 2.24) is 0 Å². The van der Waals surface area contributed by atoms with E-state index in [1.807, 2.05) is 36.9 Å². The average Bonchev–Trinajstić information content (AvgIpc) is 3.41. The van der Waals surface area contributed by atoms with E-state index < -0.39 is 5.91 Å². The molecular formula is C40H50Cl4N6O3. The number of aliphatic hydroxyl groups is 1. The Balaban J connectivity index is 1.50. The summed E-state index contributed by atoms with van der Waals surface area (Å²) in [7, 11) is 0. The van der Waals surface area contributed by atoms with Crippen LogP contribution in [0.25, 0.3) is 0 Å². The second kappa shape index (κ2) is 21.5. The number of nitrogens with one attached hydrogen (secondary N) is 2. The van der Waals surface area contributed by atoms with Gasteiger partial charge in [-0.3, -0.25) is 9.59 Å². The maximum atomic E-state index is 14.0. The Morgan fingerprint density at radius 3 is 2.09 bits per heavy atom. The van der Waals surface area contributed by atoms with Crippen LogP contribution >= 0.6 is 46.4 Å². The van der Waals surface area contributed by atoms with Gasteiger partial charge in [-0.2, -0.15) is 5.01 Å². The van der Waals surface area contributed by atoms with Gasteiger partial charge >= 0.3 is 5.91 Å². The summed E-state index contributed by atoms with van der Waals surface area (Å²) in [6.45, 7) is 7.37. The molecule has 0 unspecified atom stereocenters. The molecule has 3 aromatic carbocycles. The van der Waals surface area contributed by atoms with Crippen molar-refractivity contribution in [1.29, 1.82) is 0 Å². The number of unbranched alkanes of at least 4 members (excludes halogenated alkanes) is 10. The van der Waals surface area contributed by atoms with Gasteiger partial charge in [0.05, 0.1) is 33.0 Å². The van der Waals surface area contributed by atoms with Crippen LogP contribution in [0.2, 0.25) is 20.1 Å². The van der Waals surface area contributed by atoms with Crippen molar-refractivity contribution in [2.24, 2.45) is 10.1 Å². The summed E-state index contributed by atoms with van der Waals surface area (Å²) < 4.78 is 0. The van der Waals surface area contributed by atoms with Crippen LogP contribution in [0.5, 0.6) is 0 Å². The van der Waals surface area contributed by atoms with Gasteiger partial charge in [-0.15, -0.1) is 5.10 Å². The predicted octanol–water partition coefficient (Wildman–Crippen LogP) is 11.6. The lowest BCUT2D eigenvalue weighted by molar-refractivity contribution is -0.116. The molecule has 9 nitrogen and oxygen atoms in total. The molecule has 286 valence electrons. The lowest BCUT2D eigenvalue weighted by Gasteiger charge is -2.22. The molecule has 2 amide bonds. The minimum Gasteiger partial charge on any atom is -0.395 e. The number of amidine groups is 1. The van der Waals surface area contributed by atoms with Crippen LogP contribution in [0.15, 0.2) is 58.6 Å². The van der Waals surface area contributed by atoms with Gasteiger partial charge in [-0.25, -0.2) is 4.99 Å². The second-order valence-electron chi connectivity index (χ2n) is 13.2. The number of amides is 2. The minimum atomic E-state index is -0.579. The number of carbonyl (C=O) groups is 2. The smallest absolute Gasteiger partial charge is 0.301 e.